The molecule has 0 unspecified atom stereocenters. The topological polar surface area (TPSA) is 32.8 Å². The van der Waals surface area contributed by atoms with E-state index in [9.17, 15) is 4.79 Å². The Morgan fingerprint density at radius 2 is 1.96 bits per heavy atom. The minimum Gasteiger partial charge on any atom is -0.497 e. The highest BCUT2D eigenvalue weighted by Gasteiger charge is 2.41. The van der Waals surface area contributed by atoms with Crippen LogP contribution < -0.4 is 9.64 Å². The zero-order chi connectivity index (χ0) is 15.8. The van der Waals surface area contributed by atoms with E-state index in [1.165, 1.54) is 12.1 Å². The van der Waals surface area contributed by atoms with E-state index < -0.39 is 0 Å². The van der Waals surface area contributed by atoms with Crippen LogP contribution in [-0.2, 0) is 4.79 Å². The monoisotopic (exact) mass is 312 g/mol. The maximum absolute atomic E-state index is 12.8. The molecule has 4 rings (SSSR count). The summed E-state index contributed by atoms with van der Waals surface area (Å²) in [6, 6.07) is 8.16. The zero-order valence-corrected chi connectivity index (χ0v) is 13.6. The first-order valence-corrected chi connectivity index (χ1v) is 8.60. The molecule has 2 bridgehead atoms. The van der Waals surface area contributed by atoms with E-state index in [0.717, 1.165) is 38.3 Å². The number of benzene rings is 1. The van der Waals surface area contributed by atoms with Gasteiger partial charge in [-0.25, -0.2) is 0 Å². The molecule has 0 aromatic heterocycles. The number of amides is 1. The van der Waals surface area contributed by atoms with Crippen LogP contribution in [0, 0.1) is 17.8 Å². The molecule has 1 saturated heterocycles. The van der Waals surface area contributed by atoms with Crippen molar-refractivity contribution in [3.8, 4) is 5.75 Å². The fourth-order valence-electron chi connectivity index (χ4n) is 4.29. The average molecular weight is 312 g/mol. The summed E-state index contributed by atoms with van der Waals surface area (Å²) in [5, 5.41) is 0. The molecule has 23 heavy (non-hydrogen) atoms. The third-order valence-electron chi connectivity index (χ3n) is 5.61. The first kappa shape index (κ1) is 14.6. The molecule has 1 heterocycles. The molecule has 4 nitrogen and oxygen atoms in total. The zero-order valence-electron chi connectivity index (χ0n) is 13.6. The quantitative estimate of drug-likeness (QED) is 0.804. The minimum absolute atomic E-state index is 0.244. The van der Waals surface area contributed by atoms with E-state index >= 15 is 0 Å². The number of fused-ring (bicyclic) bond motifs is 2. The van der Waals surface area contributed by atoms with Crippen LogP contribution in [0.25, 0.3) is 0 Å². The SMILES string of the molecule is COc1cccc(N2CCN(C(=O)[C@@H]3C[C@@H]4C=C[C@H]3C4)CC2)c1. The summed E-state index contributed by atoms with van der Waals surface area (Å²) < 4.78 is 5.30. The van der Waals surface area contributed by atoms with Gasteiger partial charge in [0.2, 0.25) is 5.91 Å². The Kier molecular flexibility index (Phi) is 3.76. The number of allylic oxidation sites excluding steroid dienone is 2. The largest absolute Gasteiger partial charge is 0.497 e. The fraction of sp³-hybridized carbons (Fsp3) is 0.526. The number of carbonyl (C=O) groups excluding carboxylic acids is 1. The van der Waals surface area contributed by atoms with Crippen LogP contribution in [0.15, 0.2) is 36.4 Å². The third-order valence-corrected chi connectivity index (χ3v) is 5.61. The molecule has 1 aromatic carbocycles. The maximum Gasteiger partial charge on any atom is 0.226 e. The number of hydrogen-bond acceptors (Lipinski definition) is 3. The Balaban J connectivity index is 1.37. The van der Waals surface area contributed by atoms with Gasteiger partial charge in [0.1, 0.15) is 5.75 Å². The lowest BCUT2D eigenvalue weighted by Crippen LogP contribution is -2.50. The van der Waals surface area contributed by atoms with Crippen LogP contribution in [0.4, 0.5) is 5.69 Å². The normalized spacial score (nSPS) is 29.2. The molecule has 2 fully saturated rings. The van der Waals surface area contributed by atoms with E-state index in [-0.39, 0.29) is 5.92 Å². The van der Waals surface area contributed by atoms with Crippen LogP contribution in [0.1, 0.15) is 12.8 Å². The van der Waals surface area contributed by atoms with Crippen molar-refractivity contribution in [3.05, 3.63) is 36.4 Å². The van der Waals surface area contributed by atoms with Crippen LogP contribution >= 0.6 is 0 Å². The van der Waals surface area contributed by atoms with Gasteiger partial charge in [0.05, 0.1) is 7.11 Å². The summed E-state index contributed by atoms with van der Waals surface area (Å²) in [4.78, 5) is 17.2. The summed E-state index contributed by atoms with van der Waals surface area (Å²) in [7, 11) is 1.69. The molecule has 4 heteroatoms. The highest BCUT2D eigenvalue weighted by Crippen LogP contribution is 2.44. The fourth-order valence-corrected chi connectivity index (χ4v) is 4.29. The predicted molar refractivity (Wildman–Crippen MR) is 90.6 cm³/mol. The molecule has 2 aliphatic carbocycles. The summed E-state index contributed by atoms with van der Waals surface area (Å²) >= 11 is 0. The summed E-state index contributed by atoms with van der Waals surface area (Å²) in [5.41, 5.74) is 1.18. The molecular weight excluding hydrogens is 288 g/mol. The van der Waals surface area contributed by atoms with Crippen molar-refractivity contribution >= 4 is 11.6 Å². The van der Waals surface area contributed by atoms with Crippen molar-refractivity contribution in [2.45, 2.75) is 12.8 Å². The minimum atomic E-state index is 0.244. The van der Waals surface area contributed by atoms with Gasteiger partial charge >= 0.3 is 0 Å². The lowest BCUT2D eigenvalue weighted by Gasteiger charge is -2.38. The Morgan fingerprint density at radius 3 is 2.61 bits per heavy atom. The van der Waals surface area contributed by atoms with Crippen molar-refractivity contribution in [1.82, 2.24) is 4.90 Å². The molecule has 3 aliphatic rings. The molecule has 122 valence electrons. The standard InChI is InChI=1S/C19H24N2O2/c1-23-17-4-2-3-16(13-17)20-7-9-21(10-8-20)19(22)18-12-14-5-6-15(18)11-14/h2-6,13-15,18H,7-12H2,1H3/t14-,15+,18-/m1/s1. The Morgan fingerprint density at radius 1 is 1.13 bits per heavy atom. The Bertz CT molecular complexity index is 620. The number of nitrogens with zero attached hydrogens (tertiary/aromatic N) is 2. The van der Waals surface area contributed by atoms with Crippen molar-refractivity contribution in [1.29, 1.82) is 0 Å². The predicted octanol–water partition coefficient (Wildman–Crippen LogP) is 2.56. The summed E-state index contributed by atoms with van der Waals surface area (Å²) in [5.74, 6) is 2.67. The lowest BCUT2D eigenvalue weighted by atomic mass is 9.92. The molecular formula is C19H24N2O2. The number of carbonyl (C=O) groups is 1. The number of anilines is 1. The van der Waals surface area contributed by atoms with Gasteiger partial charge in [-0.1, -0.05) is 18.2 Å². The second kappa shape index (κ2) is 5.91. The van der Waals surface area contributed by atoms with Crippen molar-refractivity contribution in [2.24, 2.45) is 17.8 Å². The number of rotatable bonds is 3. The van der Waals surface area contributed by atoms with Crippen LogP contribution in [0.2, 0.25) is 0 Å². The molecule has 1 amide bonds. The second-order valence-corrected chi connectivity index (χ2v) is 6.90. The maximum atomic E-state index is 12.8. The molecule has 1 aromatic rings. The van der Waals surface area contributed by atoms with Gasteiger partial charge in [-0.3, -0.25) is 4.79 Å². The molecule has 0 N–H and O–H groups in total. The van der Waals surface area contributed by atoms with E-state index in [1.807, 2.05) is 12.1 Å². The third kappa shape index (κ3) is 2.71. The van der Waals surface area contributed by atoms with Crippen LogP contribution in [0.3, 0.4) is 0 Å². The first-order chi connectivity index (χ1) is 11.2. The molecule has 1 aliphatic heterocycles. The van der Waals surface area contributed by atoms with Gasteiger partial charge in [-0.05, 0) is 36.8 Å². The van der Waals surface area contributed by atoms with Crippen LogP contribution in [0.5, 0.6) is 5.75 Å². The van der Waals surface area contributed by atoms with E-state index in [1.54, 1.807) is 7.11 Å². The Hall–Kier alpha value is -1.97. The van der Waals surface area contributed by atoms with E-state index in [4.69, 9.17) is 4.74 Å². The number of hydrogen-bond donors (Lipinski definition) is 0. The highest BCUT2D eigenvalue weighted by molar-refractivity contribution is 5.80. The van der Waals surface area contributed by atoms with Gasteiger partial charge in [0.15, 0.2) is 0 Å². The molecule has 1 saturated carbocycles. The van der Waals surface area contributed by atoms with Crippen molar-refractivity contribution in [3.63, 3.8) is 0 Å². The summed E-state index contributed by atoms with van der Waals surface area (Å²) in [6.45, 7) is 3.45. The lowest BCUT2D eigenvalue weighted by molar-refractivity contribution is -0.136. The number of methoxy groups -OCH3 is 1. The van der Waals surface area contributed by atoms with E-state index in [0.29, 0.717) is 17.7 Å². The van der Waals surface area contributed by atoms with Gasteiger partial charge < -0.3 is 14.5 Å². The smallest absolute Gasteiger partial charge is 0.226 e. The molecule has 3 atom stereocenters. The molecule has 0 spiro atoms. The average Bonchev–Trinajstić information content (AvgIpc) is 3.24. The highest BCUT2D eigenvalue weighted by atomic mass is 16.5. The van der Waals surface area contributed by atoms with Gasteiger partial charge in [-0.15, -0.1) is 0 Å². The van der Waals surface area contributed by atoms with E-state index in [2.05, 4.69) is 34.1 Å². The second-order valence-electron chi connectivity index (χ2n) is 6.90. The van der Waals surface area contributed by atoms with Gasteiger partial charge in [0.25, 0.3) is 0 Å². The van der Waals surface area contributed by atoms with Crippen molar-refractivity contribution < 1.29 is 9.53 Å². The van der Waals surface area contributed by atoms with Crippen molar-refractivity contribution in [2.75, 3.05) is 38.2 Å². The summed E-state index contributed by atoms with van der Waals surface area (Å²) in [6.07, 6.45) is 6.83. The number of piperazine rings is 1. The Labute approximate surface area is 137 Å². The van der Waals surface area contributed by atoms with Crippen LogP contribution in [-0.4, -0.2) is 44.1 Å². The van der Waals surface area contributed by atoms with Gasteiger partial charge in [0, 0.05) is 43.9 Å². The number of ether oxygens (including phenoxy) is 1. The molecule has 0 radical (unpaired) electrons. The van der Waals surface area contributed by atoms with Gasteiger partial charge in [-0.2, -0.15) is 0 Å². The first-order valence-electron chi connectivity index (χ1n) is 8.60.